The van der Waals surface area contributed by atoms with E-state index in [1.54, 1.807) is 0 Å². The topological polar surface area (TPSA) is 73.2 Å². The molecule has 0 radical (unpaired) electrons. The summed E-state index contributed by atoms with van der Waals surface area (Å²) in [5, 5.41) is 6.45. The van der Waals surface area contributed by atoms with E-state index >= 15 is 0 Å². The van der Waals surface area contributed by atoms with Gasteiger partial charge in [-0.05, 0) is 6.42 Å². The molecule has 0 saturated heterocycles. The maximum absolute atomic E-state index is 12.0. The SMILES string of the molecule is O=S(=O)(Oc1cc2n(n1)CCCN2)C(F)(F)F. The van der Waals surface area contributed by atoms with Crippen LogP contribution in [-0.4, -0.2) is 30.3 Å². The van der Waals surface area contributed by atoms with Crippen LogP contribution >= 0.6 is 0 Å². The van der Waals surface area contributed by atoms with E-state index in [4.69, 9.17) is 0 Å². The molecular weight excluding hydrogens is 263 g/mol. The Bertz CT molecular complexity index is 499. The maximum Gasteiger partial charge on any atom is 0.534 e. The Morgan fingerprint density at radius 1 is 1.47 bits per heavy atom. The molecule has 1 aliphatic heterocycles. The summed E-state index contributed by atoms with van der Waals surface area (Å²) in [6.07, 6.45) is 0.750. The van der Waals surface area contributed by atoms with Crippen LogP contribution in [0.2, 0.25) is 0 Å². The zero-order chi connectivity index (χ0) is 12.7. The van der Waals surface area contributed by atoms with Gasteiger partial charge in [-0.25, -0.2) is 4.68 Å². The minimum absolute atomic E-state index is 0.434. The average Bonchev–Trinajstić information content (AvgIpc) is 2.56. The van der Waals surface area contributed by atoms with Crippen LogP contribution in [0, 0.1) is 0 Å². The lowest BCUT2D eigenvalue weighted by atomic mass is 10.3. The van der Waals surface area contributed by atoms with Gasteiger partial charge in [-0.15, -0.1) is 5.10 Å². The van der Waals surface area contributed by atoms with Crippen LogP contribution < -0.4 is 9.50 Å². The second kappa shape index (κ2) is 3.79. The van der Waals surface area contributed by atoms with Crippen LogP contribution in [0.1, 0.15) is 6.42 Å². The summed E-state index contributed by atoms with van der Waals surface area (Å²) in [6.45, 7) is 1.15. The van der Waals surface area contributed by atoms with E-state index in [-0.39, 0.29) is 0 Å². The summed E-state index contributed by atoms with van der Waals surface area (Å²) in [5.41, 5.74) is -5.45. The van der Waals surface area contributed by atoms with Gasteiger partial charge in [0, 0.05) is 19.2 Å². The van der Waals surface area contributed by atoms with Gasteiger partial charge in [0.25, 0.3) is 5.88 Å². The van der Waals surface area contributed by atoms with Crippen molar-refractivity contribution < 1.29 is 25.8 Å². The highest BCUT2D eigenvalue weighted by atomic mass is 32.2. The van der Waals surface area contributed by atoms with E-state index in [9.17, 15) is 21.6 Å². The summed E-state index contributed by atoms with van der Waals surface area (Å²) >= 11 is 0. The molecule has 0 amide bonds. The molecule has 1 aromatic heterocycles. The Labute approximate surface area is 94.5 Å². The maximum atomic E-state index is 12.0. The summed E-state index contributed by atoms with van der Waals surface area (Å²) in [7, 11) is -5.65. The molecule has 96 valence electrons. The van der Waals surface area contributed by atoms with Crippen molar-refractivity contribution in [1.29, 1.82) is 0 Å². The van der Waals surface area contributed by atoms with Crippen molar-refractivity contribution in [3.05, 3.63) is 6.07 Å². The molecule has 0 aromatic carbocycles. The summed E-state index contributed by atoms with van der Waals surface area (Å²) in [6, 6.07) is 1.11. The number of halogens is 3. The van der Waals surface area contributed by atoms with Crippen molar-refractivity contribution in [2.45, 2.75) is 18.5 Å². The molecule has 6 nitrogen and oxygen atoms in total. The molecule has 0 aliphatic carbocycles. The van der Waals surface area contributed by atoms with Crippen molar-refractivity contribution in [3.63, 3.8) is 0 Å². The van der Waals surface area contributed by atoms with Crippen LogP contribution in [0.5, 0.6) is 5.88 Å². The van der Waals surface area contributed by atoms with Crippen LogP contribution in [0.15, 0.2) is 6.07 Å². The van der Waals surface area contributed by atoms with Crippen LogP contribution in [0.3, 0.4) is 0 Å². The quantitative estimate of drug-likeness (QED) is 0.639. The van der Waals surface area contributed by atoms with Crippen LogP contribution in [0.25, 0.3) is 0 Å². The second-order valence-corrected chi connectivity index (χ2v) is 4.89. The lowest BCUT2D eigenvalue weighted by molar-refractivity contribution is -0.0501. The minimum Gasteiger partial charge on any atom is -0.370 e. The van der Waals surface area contributed by atoms with Crippen molar-refractivity contribution in [3.8, 4) is 5.88 Å². The van der Waals surface area contributed by atoms with Crippen LogP contribution in [0.4, 0.5) is 19.0 Å². The van der Waals surface area contributed by atoms with E-state index in [2.05, 4.69) is 14.6 Å². The lowest BCUT2D eigenvalue weighted by Crippen LogP contribution is -2.28. The number of hydrogen-bond donors (Lipinski definition) is 1. The van der Waals surface area contributed by atoms with Gasteiger partial charge in [-0.1, -0.05) is 0 Å². The molecule has 17 heavy (non-hydrogen) atoms. The predicted molar refractivity (Wildman–Crippen MR) is 50.9 cm³/mol. The fourth-order valence-corrected chi connectivity index (χ4v) is 1.75. The molecular formula is C7H8F3N3O3S. The molecule has 0 unspecified atom stereocenters. The van der Waals surface area contributed by atoms with Gasteiger partial charge in [0.15, 0.2) is 0 Å². The van der Waals surface area contributed by atoms with E-state index in [1.807, 2.05) is 0 Å². The number of alkyl halides is 3. The fraction of sp³-hybridized carbons (Fsp3) is 0.571. The van der Waals surface area contributed by atoms with Gasteiger partial charge < -0.3 is 9.50 Å². The minimum atomic E-state index is -5.65. The third-order valence-electron chi connectivity index (χ3n) is 2.09. The van der Waals surface area contributed by atoms with Gasteiger partial charge >= 0.3 is 15.6 Å². The van der Waals surface area contributed by atoms with E-state index in [1.165, 1.54) is 4.68 Å². The second-order valence-electron chi connectivity index (χ2n) is 3.35. The predicted octanol–water partition coefficient (Wildman–Crippen LogP) is 0.927. The zero-order valence-corrected chi connectivity index (χ0v) is 9.18. The van der Waals surface area contributed by atoms with Crippen molar-refractivity contribution in [2.75, 3.05) is 11.9 Å². The molecule has 0 saturated carbocycles. The molecule has 10 heteroatoms. The van der Waals surface area contributed by atoms with Crippen molar-refractivity contribution >= 4 is 15.9 Å². The zero-order valence-electron chi connectivity index (χ0n) is 8.36. The molecule has 2 rings (SSSR count). The highest BCUT2D eigenvalue weighted by molar-refractivity contribution is 7.87. The number of nitrogens with one attached hydrogen (secondary N) is 1. The first-order valence-corrected chi connectivity index (χ1v) is 6.03. The summed E-state index contributed by atoms with van der Waals surface area (Å²) < 4.78 is 62.8. The first-order chi connectivity index (χ1) is 7.79. The van der Waals surface area contributed by atoms with Crippen LogP contribution in [-0.2, 0) is 16.7 Å². The number of hydrogen-bond acceptors (Lipinski definition) is 5. The van der Waals surface area contributed by atoms with Gasteiger partial charge in [0.1, 0.15) is 5.82 Å². The average molecular weight is 271 g/mol. The molecule has 0 atom stereocenters. The molecule has 1 N–H and O–H groups in total. The largest absolute Gasteiger partial charge is 0.534 e. The first-order valence-electron chi connectivity index (χ1n) is 4.62. The molecule has 1 aromatic rings. The Morgan fingerprint density at radius 3 is 2.76 bits per heavy atom. The number of aryl methyl sites for hydroxylation is 1. The molecule has 0 bridgehead atoms. The highest BCUT2D eigenvalue weighted by Gasteiger charge is 2.49. The first kappa shape index (κ1) is 12.0. The third-order valence-corrected chi connectivity index (χ3v) is 3.05. The van der Waals surface area contributed by atoms with E-state index in [0.29, 0.717) is 18.9 Å². The number of fused-ring (bicyclic) bond motifs is 1. The Hall–Kier alpha value is -1.45. The monoisotopic (exact) mass is 271 g/mol. The number of nitrogens with zero attached hydrogens (tertiary/aromatic N) is 2. The Kier molecular flexibility index (Phi) is 2.68. The van der Waals surface area contributed by atoms with Crippen molar-refractivity contribution in [1.82, 2.24) is 9.78 Å². The lowest BCUT2D eigenvalue weighted by Gasteiger charge is -2.14. The summed E-state index contributed by atoms with van der Waals surface area (Å²) in [4.78, 5) is 0. The molecule has 2 heterocycles. The number of rotatable bonds is 2. The third kappa shape index (κ3) is 2.30. The van der Waals surface area contributed by atoms with Gasteiger partial charge in [0.2, 0.25) is 0 Å². The summed E-state index contributed by atoms with van der Waals surface area (Å²) in [5.74, 6) is -0.157. The standard InChI is InChI=1S/C7H8F3N3O3S/c8-7(9,10)17(14,15)16-6-4-5-11-2-1-3-13(5)12-6/h4,11H,1-3H2. The molecule has 0 fully saturated rings. The van der Waals surface area contributed by atoms with Gasteiger partial charge in [0.05, 0.1) is 0 Å². The molecule has 1 aliphatic rings. The Balaban J connectivity index is 2.23. The number of anilines is 1. The van der Waals surface area contributed by atoms with Crippen molar-refractivity contribution in [2.24, 2.45) is 0 Å². The fourth-order valence-electron chi connectivity index (χ4n) is 1.35. The van der Waals surface area contributed by atoms with Gasteiger partial charge in [-0.2, -0.15) is 21.6 Å². The highest BCUT2D eigenvalue weighted by Crippen LogP contribution is 2.28. The van der Waals surface area contributed by atoms with E-state index in [0.717, 1.165) is 12.5 Å². The smallest absolute Gasteiger partial charge is 0.370 e. The van der Waals surface area contributed by atoms with Gasteiger partial charge in [-0.3, -0.25) is 0 Å². The number of aromatic nitrogens is 2. The Morgan fingerprint density at radius 2 is 2.18 bits per heavy atom. The molecule has 0 spiro atoms. The normalized spacial score (nSPS) is 16.2. The van der Waals surface area contributed by atoms with E-state index < -0.39 is 21.5 Å².